The predicted molar refractivity (Wildman–Crippen MR) is 90.7 cm³/mol. The van der Waals surface area contributed by atoms with E-state index in [1.54, 1.807) is 43.3 Å². The van der Waals surface area contributed by atoms with Gasteiger partial charge in [-0.2, -0.15) is 0 Å². The normalized spacial score (nSPS) is 11.6. The van der Waals surface area contributed by atoms with Gasteiger partial charge in [-0.3, -0.25) is 0 Å². The second kappa shape index (κ2) is 8.19. The van der Waals surface area contributed by atoms with Crippen molar-refractivity contribution in [3.05, 3.63) is 60.2 Å². The number of methoxy groups -OCH3 is 1. The Labute approximate surface area is 136 Å². The number of hydrogen-bond acceptors (Lipinski definition) is 3. The first-order chi connectivity index (χ1) is 11.2. The number of aliphatic hydroxyl groups excluding tert-OH is 1. The zero-order valence-electron chi connectivity index (χ0n) is 13.4. The Morgan fingerprint density at radius 3 is 2.39 bits per heavy atom. The van der Waals surface area contributed by atoms with E-state index in [1.165, 1.54) is 0 Å². The minimum atomic E-state index is -0.225. The highest BCUT2D eigenvalue weighted by molar-refractivity contribution is 5.89. The van der Waals surface area contributed by atoms with Crippen LogP contribution in [-0.4, -0.2) is 36.8 Å². The number of benzene rings is 2. The summed E-state index contributed by atoms with van der Waals surface area (Å²) < 4.78 is 5.10. The van der Waals surface area contributed by atoms with Crippen LogP contribution in [0.5, 0.6) is 5.75 Å². The average molecular weight is 314 g/mol. The maximum absolute atomic E-state index is 12.5. The van der Waals surface area contributed by atoms with Crippen molar-refractivity contribution in [1.29, 1.82) is 0 Å². The maximum Gasteiger partial charge on any atom is 0.322 e. The fraction of sp³-hybridized carbons (Fsp3) is 0.278. The summed E-state index contributed by atoms with van der Waals surface area (Å²) in [6, 6.07) is 16.4. The molecule has 0 fully saturated rings. The van der Waals surface area contributed by atoms with Crippen molar-refractivity contribution in [3.8, 4) is 5.75 Å². The molecule has 0 spiro atoms. The molecule has 2 amide bonds. The number of rotatable bonds is 6. The standard InChI is InChI=1S/C18H22N2O3/c1-20(17(12-13-21)14-6-4-3-5-7-14)18(22)19-15-8-10-16(23-2)11-9-15/h3-11,17,21H,12-13H2,1-2H3,(H,19,22). The molecule has 0 saturated heterocycles. The molecule has 2 N–H and O–H groups in total. The van der Waals surface area contributed by atoms with Gasteiger partial charge in [-0.05, 0) is 36.2 Å². The average Bonchev–Trinajstić information content (AvgIpc) is 2.60. The third-order valence-electron chi connectivity index (χ3n) is 3.72. The van der Waals surface area contributed by atoms with Crippen LogP contribution in [-0.2, 0) is 0 Å². The van der Waals surface area contributed by atoms with Gasteiger partial charge in [0, 0.05) is 19.3 Å². The summed E-state index contributed by atoms with van der Waals surface area (Å²) in [5, 5.41) is 12.2. The second-order valence-electron chi connectivity index (χ2n) is 5.21. The number of urea groups is 1. The molecule has 1 atom stereocenters. The number of amides is 2. The summed E-state index contributed by atoms with van der Waals surface area (Å²) in [5.41, 5.74) is 1.69. The maximum atomic E-state index is 12.5. The Morgan fingerprint density at radius 1 is 1.17 bits per heavy atom. The molecule has 0 aliphatic heterocycles. The molecule has 23 heavy (non-hydrogen) atoms. The van der Waals surface area contributed by atoms with E-state index < -0.39 is 0 Å². The van der Waals surface area contributed by atoms with E-state index in [2.05, 4.69) is 5.32 Å². The number of hydrogen-bond donors (Lipinski definition) is 2. The van der Waals surface area contributed by atoms with Gasteiger partial charge < -0.3 is 20.1 Å². The highest BCUT2D eigenvalue weighted by Gasteiger charge is 2.21. The highest BCUT2D eigenvalue weighted by Crippen LogP contribution is 2.24. The van der Waals surface area contributed by atoms with Crippen LogP contribution in [0.15, 0.2) is 54.6 Å². The highest BCUT2D eigenvalue weighted by atomic mass is 16.5. The quantitative estimate of drug-likeness (QED) is 0.860. The lowest BCUT2D eigenvalue weighted by molar-refractivity contribution is 0.184. The fourth-order valence-corrected chi connectivity index (χ4v) is 2.41. The Hall–Kier alpha value is -2.53. The lowest BCUT2D eigenvalue weighted by atomic mass is 10.0. The van der Waals surface area contributed by atoms with E-state index in [-0.39, 0.29) is 18.7 Å². The molecule has 0 saturated carbocycles. The van der Waals surface area contributed by atoms with E-state index in [1.807, 2.05) is 30.3 Å². The molecule has 0 aliphatic rings. The first-order valence-corrected chi connectivity index (χ1v) is 7.49. The van der Waals surface area contributed by atoms with Gasteiger partial charge in [0.1, 0.15) is 5.75 Å². The predicted octanol–water partition coefficient (Wildman–Crippen LogP) is 3.28. The Kier molecular flexibility index (Phi) is 6.00. The molecule has 2 rings (SSSR count). The molecule has 0 aromatic heterocycles. The van der Waals surface area contributed by atoms with Gasteiger partial charge in [0.15, 0.2) is 0 Å². The minimum Gasteiger partial charge on any atom is -0.497 e. The summed E-state index contributed by atoms with van der Waals surface area (Å²) in [7, 11) is 3.33. The molecule has 122 valence electrons. The number of aliphatic hydroxyl groups is 1. The van der Waals surface area contributed by atoms with Crippen LogP contribution in [0.25, 0.3) is 0 Å². The lowest BCUT2D eigenvalue weighted by Crippen LogP contribution is -2.35. The number of carbonyl (C=O) groups excluding carboxylic acids is 1. The Bertz CT molecular complexity index is 614. The Morgan fingerprint density at radius 2 is 1.83 bits per heavy atom. The van der Waals surface area contributed by atoms with Gasteiger partial charge in [-0.15, -0.1) is 0 Å². The van der Waals surface area contributed by atoms with Crippen molar-refractivity contribution in [1.82, 2.24) is 4.90 Å². The summed E-state index contributed by atoms with van der Waals surface area (Å²) in [6.07, 6.45) is 0.483. The number of nitrogens with zero attached hydrogens (tertiary/aromatic N) is 1. The van der Waals surface area contributed by atoms with Crippen molar-refractivity contribution in [3.63, 3.8) is 0 Å². The summed E-state index contributed by atoms with van der Waals surface area (Å²) >= 11 is 0. The van der Waals surface area contributed by atoms with E-state index in [4.69, 9.17) is 4.74 Å². The monoisotopic (exact) mass is 314 g/mol. The van der Waals surface area contributed by atoms with Gasteiger partial charge in [-0.25, -0.2) is 4.79 Å². The molecule has 0 radical (unpaired) electrons. The van der Waals surface area contributed by atoms with Crippen LogP contribution in [0.1, 0.15) is 18.0 Å². The number of carbonyl (C=O) groups is 1. The van der Waals surface area contributed by atoms with Gasteiger partial charge in [0.2, 0.25) is 0 Å². The summed E-state index contributed by atoms with van der Waals surface area (Å²) in [6.45, 7) is 0.0136. The van der Waals surface area contributed by atoms with Crippen molar-refractivity contribution in [2.45, 2.75) is 12.5 Å². The molecule has 0 heterocycles. The first kappa shape index (κ1) is 16.8. The topological polar surface area (TPSA) is 61.8 Å². The molecule has 5 nitrogen and oxygen atoms in total. The van der Waals surface area contributed by atoms with E-state index >= 15 is 0 Å². The zero-order valence-corrected chi connectivity index (χ0v) is 13.4. The molecule has 0 aliphatic carbocycles. The van der Waals surface area contributed by atoms with Crippen LogP contribution in [0.4, 0.5) is 10.5 Å². The SMILES string of the molecule is COc1ccc(NC(=O)N(C)C(CCO)c2ccccc2)cc1. The van der Waals surface area contributed by atoms with Crippen LogP contribution in [0.3, 0.4) is 0 Å². The van der Waals surface area contributed by atoms with E-state index in [0.717, 1.165) is 11.3 Å². The minimum absolute atomic E-state index is 0.0136. The van der Waals surface area contributed by atoms with Crippen molar-refractivity contribution in [2.24, 2.45) is 0 Å². The molecule has 2 aromatic rings. The molecule has 5 heteroatoms. The van der Waals surface area contributed by atoms with Crippen LogP contribution in [0.2, 0.25) is 0 Å². The molecular formula is C18H22N2O3. The summed E-state index contributed by atoms with van der Waals surface area (Å²) in [4.78, 5) is 14.1. The lowest BCUT2D eigenvalue weighted by Gasteiger charge is -2.28. The van der Waals surface area contributed by atoms with E-state index in [9.17, 15) is 9.90 Å². The zero-order chi connectivity index (χ0) is 16.7. The van der Waals surface area contributed by atoms with Crippen molar-refractivity contribution in [2.75, 3.05) is 26.1 Å². The molecule has 1 unspecified atom stereocenters. The van der Waals surface area contributed by atoms with Crippen molar-refractivity contribution < 1.29 is 14.6 Å². The largest absolute Gasteiger partial charge is 0.497 e. The van der Waals surface area contributed by atoms with Crippen molar-refractivity contribution >= 4 is 11.7 Å². The molecule has 2 aromatic carbocycles. The van der Waals surface area contributed by atoms with Crippen LogP contribution < -0.4 is 10.1 Å². The fourth-order valence-electron chi connectivity index (χ4n) is 2.41. The van der Waals surface area contributed by atoms with Gasteiger partial charge in [-0.1, -0.05) is 30.3 Å². The number of ether oxygens (including phenoxy) is 1. The van der Waals surface area contributed by atoms with Gasteiger partial charge in [0.05, 0.1) is 13.2 Å². The number of anilines is 1. The van der Waals surface area contributed by atoms with Crippen LogP contribution >= 0.6 is 0 Å². The Balaban J connectivity index is 2.09. The van der Waals surface area contributed by atoms with Crippen LogP contribution in [0, 0.1) is 0 Å². The van der Waals surface area contributed by atoms with Gasteiger partial charge in [0.25, 0.3) is 0 Å². The van der Waals surface area contributed by atoms with E-state index in [0.29, 0.717) is 12.1 Å². The third kappa shape index (κ3) is 4.47. The third-order valence-corrected chi connectivity index (χ3v) is 3.72. The molecular weight excluding hydrogens is 292 g/mol. The number of nitrogens with one attached hydrogen (secondary N) is 1. The smallest absolute Gasteiger partial charge is 0.322 e. The second-order valence-corrected chi connectivity index (χ2v) is 5.21. The first-order valence-electron chi connectivity index (χ1n) is 7.49. The molecule has 0 bridgehead atoms. The van der Waals surface area contributed by atoms with Gasteiger partial charge >= 0.3 is 6.03 Å². The summed E-state index contributed by atoms with van der Waals surface area (Å²) in [5.74, 6) is 0.735.